The van der Waals surface area contributed by atoms with Crippen molar-refractivity contribution in [2.75, 3.05) is 6.61 Å². The molecule has 116 valence electrons. The number of hydrogen-bond donors (Lipinski definition) is 1. The quantitative estimate of drug-likeness (QED) is 0.766. The maximum Gasteiger partial charge on any atom is 0.251 e. The Morgan fingerprint density at radius 1 is 1.09 bits per heavy atom. The summed E-state index contributed by atoms with van der Waals surface area (Å²) in [6.07, 6.45) is 2.13. The fraction of sp³-hybridized carbons (Fsp3) is 0.278. The second-order valence-electron chi connectivity index (χ2n) is 5.04. The van der Waals surface area contributed by atoms with E-state index in [4.69, 9.17) is 16.3 Å². The summed E-state index contributed by atoms with van der Waals surface area (Å²) in [4.78, 5) is 12.1. The summed E-state index contributed by atoms with van der Waals surface area (Å²) < 4.78 is 5.58. The molecule has 1 N–H and O–H groups in total. The second-order valence-corrected chi connectivity index (χ2v) is 5.47. The molecule has 0 saturated heterocycles. The van der Waals surface area contributed by atoms with Gasteiger partial charge in [-0.25, -0.2) is 0 Å². The highest BCUT2D eigenvalue weighted by atomic mass is 35.5. The van der Waals surface area contributed by atoms with Crippen LogP contribution in [0.3, 0.4) is 0 Å². The number of halogens is 1. The summed E-state index contributed by atoms with van der Waals surface area (Å²) in [7, 11) is 0. The summed E-state index contributed by atoms with van der Waals surface area (Å²) in [5.74, 6) is 0.692. The molecule has 0 bridgehead atoms. The summed E-state index contributed by atoms with van der Waals surface area (Å²) in [6.45, 7) is 3.31. The zero-order chi connectivity index (χ0) is 15.8. The molecule has 0 unspecified atom stereocenters. The Labute approximate surface area is 136 Å². The minimum absolute atomic E-state index is 0.102. The van der Waals surface area contributed by atoms with Gasteiger partial charge in [0.25, 0.3) is 5.91 Å². The van der Waals surface area contributed by atoms with Gasteiger partial charge in [0.1, 0.15) is 5.75 Å². The SMILES string of the molecule is CCCCOc1ccc(C(=O)NCc2ccc(Cl)cc2)cc1. The van der Waals surface area contributed by atoms with Crippen LogP contribution in [-0.4, -0.2) is 12.5 Å². The Kier molecular flexibility index (Phi) is 6.28. The predicted molar refractivity (Wildman–Crippen MR) is 89.5 cm³/mol. The average Bonchev–Trinajstić information content (AvgIpc) is 2.55. The molecule has 0 aliphatic heterocycles. The molecule has 2 rings (SSSR count). The molecule has 1 amide bonds. The van der Waals surface area contributed by atoms with Crippen LogP contribution in [0.25, 0.3) is 0 Å². The fourth-order valence-electron chi connectivity index (χ4n) is 1.92. The van der Waals surface area contributed by atoms with Gasteiger partial charge in [-0.1, -0.05) is 37.1 Å². The van der Waals surface area contributed by atoms with Gasteiger partial charge in [0, 0.05) is 17.1 Å². The molecule has 0 aliphatic rings. The molecule has 4 heteroatoms. The van der Waals surface area contributed by atoms with Crippen molar-refractivity contribution in [1.82, 2.24) is 5.32 Å². The van der Waals surface area contributed by atoms with E-state index in [0.29, 0.717) is 23.7 Å². The van der Waals surface area contributed by atoms with Crippen molar-refractivity contribution < 1.29 is 9.53 Å². The lowest BCUT2D eigenvalue weighted by atomic mass is 10.2. The number of nitrogens with one attached hydrogen (secondary N) is 1. The first-order valence-corrected chi connectivity index (χ1v) is 7.82. The van der Waals surface area contributed by atoms with Crippen LogP contribution in [0, 0.1) is 0 Å². The molecule has 3 nitrogen and oxygen atoms in total. The number of ether oxygens (including phenoxy) is 1. The third-order valence-corrected chi connectivity index (χ3v) is 3.50. The topological polar surface area (TPSA) is 38.3 Å². The van der Waals surface area contributed by atoms with Gasteiger partial charge < -0.3 is 10.1 Å². The van der Waals surface area contributed by atoms with E-state index in [1.807, 2.05) is 36.4 Å². The third kappa shape index (κ3) is 5.08. The molecule has 2 aromatic rings. The Bertz CT molecular complexity index is 593. The third-order valence-electron chi connectivity index (χ3n) is 3.25. The zero-order valence-electron chi connectivity index (χ0n) is 12.6. The Hall–Kier alpha value is -2.00. The molecule has 0 aromatic heterocycles. The van der Waals surface area contributed by atoms with Gasteiger partial charge in [-0.05, 0) is 48.4 Å². The number of carbonyl (C=O) groups excluding carboxylic acids is 1. The van der Waals surface area contributed by atoms with Crippen LogP contribution in [0.2, 0.25) is 5.02 Å². The molecule has 0 fully saturated rings. The molecular weight excluding hydrogens is 298 g/mol. The normalized spacial score (nSPS) is 10.3. The van der Waals surface area contributed by atoms with E-state index in [1.54, 1.807) is 12.1 Å². The maximum atomic E-state index is 12.1. The number of carbonyl (C=O) groups is 1. The van der Waals surface area contributed by atoms with Crippen LogP contribution in [0.1, 0.15) is 35.7 Å². The van der Waals surface area contributed by atoms with Gasteiger partial charge in [0.05, 0.1) is 6.61 Å². The molecule has 0 atom stereocenters. The lowest BCUT2D eigenvalue weighted by Gasteiger charge is -2.08. The van der Waals surface area contributed by atoms with Crippen LogP contribution < -0.4 is 10.1 Å². The van der Waals surface area contributed by atoms with E-state index in [-0.39, 0.29) is 5.91 Å². The molecule has 2 aromatic carbocycles. The van der Waals surface area contributed by atoms with Crippen molar-refractivity contribution in [3.05, 3.63) is 64.7 Å². The summed E-state index contributed by atoms with van der Waals surface area (Å²) in [5.41, 5.74) is 1.63. The second kappa shape index (κ2) is 8.44. The van der Waals surface area contributed by atoms with Gasteiger partial charge in [0.15, 0.2) is 0 Å². The smallest absolute Gasteiger partial charge is 0.251 e. The lowest BCUT2D eigenvalue weighted by Crippen LogP contribution is -2.22. The molecule has 0 heterocycles. The van der Waals surface area contributed by atoms with Gasteiger partial charge >= 0.3 is 0 Å². The first kappa shape index (κ1) is 16.4. The number of unbranched alkanes of at least 4 members (excludes halogenated alkanes) is 1. The molecule has 0 saturated carbocycles. The van der Waals surface area contributed by atoms with E-state index in [1.165, 1.54) is 0 Å². The number of hydrogen-bond acceptors (Lipinski definition) is 2. The van der Waals surface area contributed by atoms with Crippen molar-refractivity contribution in [3.8, 4) is 5.75 Å². The summed E-state index contributed by atoms with van der Waals surface area (Å²) in [6, 6.07) is 14.6. The van der Waals surface area contributed by atoms with Crippen LogP contribution in [0.4, 0.5) is 0 Å². The number of rotatable bonds is 7. The molecule has 0 radical (unpaired) electrons. The molecule has 0 spiro atoms. The van der Waals surface area contributed by atoms with Gasteiger partial charge in [-0.15, -0.1) is 0 Å². The van der Waals surface area contributed by atoms with Crippen molar-refractivity contribution in [2.24, 2.45) is 0 Å². The minimum Gasteiger partial charge on any atom is -0.494 e. The minimum atomic E-state index is -0.102. The van der Waals surface area contributed by atoms with Gasteiger partial charge in [0.2, 0.25) is 0 Å². The molecular formula is C18H20ClNO2. The van der Waals surface area contributed by atoms with Crippen molar-refractivity contribution in [2.45, 2.75) is 26.3 Å². The van der Waals surface area contributed by atoms with E-state index in [0.717, 1.165) is 24.2 Å². The van der Waals surface area contributed by atoms with Crippen LogP contribution in [-0.2, 0) is 6.54 Å². The molecule has 22 heavy (non-hydrogen) atoms. The van der Waals surface area contributed by atoms with Crippen LogP contribution >= 0.6 is 11.6 Å². The first-order chi connectivity index (χ1) is 10.7. The highest BCUT2D eigenvalue weighted by molar-refractivity contribution is 6.30. The largest absolute Gasteiger partial charge is 0.494 e. The Balaban J connectivity index is 1.85. The lowest BCUT2D eigenvalue weighted by molar-refractivity contribution is 0.0951. The van der Waals surface area contributed by atoms with E-state index in [9.17, 15) is 4.79 Å². The Morgan fingerprint density at radius 2 is 1.77 bits per heavy atom. The van der Waals surface area contributed by atoms with E-state index in [2.05, 4.69) is 12.2 Å². The summed E-state index contributed by atoms with van der Waals surface area (Å²) >= 11 is 5.83. The molecule has 0 aliphatic carbocycles. The van der Waals surface area contributed by atoms with Crippen molar-refractivity contribution >= 4 is 17.5 Å². The van der Waals surface area contributed by atoms with Crippen LogP contribution in [0.15, 0.2) is 48.5 Å². The summed E-state index contributed by atoms with van der Waals surface area (Å²) in [5, 5.41) is 3.57. The highest BCUT2D eigenvalue weighted by Crippen LogP contribution is 2.13. The predicted octanol–water partition coefficient (Wildman–Crippen LogP) is 4.45. The van der Waals surface area contributed by atoms with Gasteiger partial charge in [-0.2, -0.15) is 0 Å². The van der Waals surface area contributed by atoms with Crippen molar-refractivity contribution in [1.29, 1.82) is 0 Å². The van der Waals surface area contributed by atoms with Gasteiger partial charge in [-0.3, -0.25) is 4.79 Å². The van der Waals surface area contributed by atoms with E-state index < -0.39 is 0 Å². The van der Waals surface area contributed by atoms with E-state index >= 15 is 0 Å². The standard InChI is InChI=1S/C18H20ClNO2/c1-2-3-12-22-17-10-6-15(7-11-17)18(21)20-13-14-4-8-16(19)9-5-14/h4-11H,2-3,12-13H2,1H3,(H,20,21). The monoisotopic (exact) mass is 317 g/mol. The average molecular weight is 318 g/mol. The Morgan fingerprint density at radius 3 is 2.41 bits per heavy atom. The fourth-order valence-corrected chi connectivity index (χ4v) is 2.05. The maximum absolute atomic E-state index is 12.1. The number of amides is 1. The first-order valence-electron chi connectivity index (χ1n) is 7.44. The van der Waals surface area contributed by atoms with Crippen molar-refractivity contribution in [3.63, 3.8) is 0 Å². The number of benzene rings is 2. The zero-order valence-corrected chi connectivity index (χ0v) is 13.4. The van der Waals surface area contributed by atoms with Crippen LogP contribution in [0.5, 0.6) is 5.75 Å². The highest BCUT2D eigenvalue weighted by Gasteiger charge is 2.05.